The molecular formula is C19H34N4O5. The molecule has 0 radical (unpaired) electrons. The van der Waals surface area contributed by atoms with Crippen molar-refractivity contribution in [3.8, 4) is 0 Å². The molecule has 1 saturated carbocycles. The molecule has 9 heteroatoms. The van der Waals surface area contributed by atoms with Crippen LogP contribution in [0.2, 0.25) is 0 Å². The smallest absolute Gasteiger partial charge is 0.318 e. The molecule has 1 aliphatic carbocycles. The van der Waals surface area contributed by atoms with Gasteiger partial charge >= 0.3 is 6.03 Å². The maximum Gasteiger partial charge on any atom is 0.318 e. The Morgan fingerprint density at radius 2 is 1.79 bits per heavy atom. The number of ether oxygens (including phenoxy) is 1. The van der Waals surface area contributed by atoms with Gasteiger partial charge in [-0.1, -0.05) is 33.6 Å². The maximum atomic E-state index is 13.4. The highest BCUT2D eigenvalue weighted by molar-refractivity contribution is 5.90. The Bertz CT molecular complexity index is 551. The molecule has 1 atom stereocenters. The number of amides is 4. The standard InChI is InChI=1S/C19H34N4O5/c1-19(2,3)16(20-18(26)22-8-10-28-11-9-22)17(25)23(13-15(24)21-27)12-14-6-4-5-7-14/h14,16,27H,4-13H2,1-3H3,(H,20,26)(H,21,24)/t16-/m1/s1. The molecule has 160 valence electrons. The van der Waals surface area contributed by atoms with E-state index in [0.29, 0.717) is 38.8 Å². The number of carbonyl (C=O) groups is 3. The molecule has 2 aliphatic rings. The number of morpholine rings is 1. The third kappa shape index (κ3) is 6.34. The van der Waals surface area contributed by atoms with Crippen LogP contribution >= 0.6 is 0 Å². The molecule has 0 spiro atoms. The second-order valence-corrected chi connectivity index (χ2v) is 8.75. The molecular weight excluding hydrogens is 364 g/mol. The molecule has 9 nitrogen and oxygen atoms in total. The molecule has 0 aromatic heterocycles. The molecule has 0 unspecified atom stereocenters. The second-order valence-electron chi connectivity index (χ2n) is 8.75. The topological polar surface area (TPSA) is 111 Å². The summed E-state index contributed by atoms with van der Waals surface area (Å²) in [4.78, 5) is 40.9. The fourth-order valence-electron chi connectivity index (χ4n) is 3.76. The van der Waals surface area contributed by atoms with Crippen LogP contribution in [-0.2, 0) is 14.3 Å². The van der Waals surface area contributed by atoms with E-state index in [-0.39, 0.29) is 18.5 Å². The molecule has 2 rings (SSSR count). The largest absolute Gasteiger partial charge is 0.378 e. The lowest BCUT2D eigenvalue weighted by Crippen LogP contribution is -2.59. The van der Waals surface area contributed by atoms with Crippen LogP contribution in [0.3, 0.4) is 0 Å². The van der Waals surface area contributed by atoms with Gasteiger partial charge in [0.1, 0.15) is 12.6 Å². The summed E-state index contributed by atoms with van der Waals surface area (Å²) in [6.45, 7) is 7.79. The van der Waals surface area contributed by atoms with Crippen molar-refractivity contribution >= 4 is 17.8 Å². The highest BCUT2D eigenvalue weighted by atomic mass is 16.5. The van der Waals surface area contributed by atoms with Crippen LogP contribution in [0.25, 0.3) is 0 Å². The fraction of sp³-hybridized carbons (Fsp3) is 0.842. The van der Waals surface area contributed by atoms with Gasteiger partial charge in [-0.05, 0) is 24.2 Å². The summed E-state index contributed by atoms with van der Waals surface area (Å²) in [5, 5.41) is 11.8. The van der Waals surface area contributed by atoms with Crippen LogP contribution in [0.1, 0.15) is 46.5 Å². The molecule has 1 saturated heterocycles. The van der Waals surface area contributed by atoms with Crippen molar-refractivity contribution in [1.29, 1.82) is 0 Å². The lowest BCUT2D eigenvalue weighted by Gasteiger charge is -2.37. The quantitative estimate of drug-likeness (QED) is 0.456. The first-order chi connectivity index (χ1) is 13.2. The molecule has 0 aromatic rings. The summed E-state index contributed by atoms with van der Waals surface area (Å²) in [5.74, 6) is -0.603. The highest BCUT2D eigenvalue weighted by Crippen LogP contribution is 2.27. The van der Waals surface area contributed by atoms with Crippen molar-refractivity contribution < 1.29 is 24.3 Å². The fourth-order valence-corrected chi connectivity index (χ4v) is 3.76. The summed E-state index contributed by atoms with van der Waals surface area (Å²) in [7, 11) is 0. The summed E-state index contributed by atoms with van der Waals surface area (Å²) in [5.41, 5.74) is 1.06. The van der Waals surface area contributed by atoms with Crippen molar-refractivity contribution in [1.82, 2.24) is 20.6 Å². The first kappa shape index (κ1) is 22.4. The minimum Gasteiger partial charge on any atom is -0.378 e. The Hall–Kier alpha value is -1.87. The van der Waals surface area contributed by atoms with Crippen LogP contribution < -0.4 is 10.8 Å². The Morgan fingerprint density at radius 3 is 2.32 bits per heavy atom. The van der Waals surface area contributed by atoms with Gasteiger partial charge in [0.2, 0.25) is 5.91 Å². The van der Waals surface area contributed by atoms with E-state index in [1.807, 2.05) is 20.8 Å². The maximum absolute atomic E-state index is 13.4. The zero-order valence-corrected chi connectivity index (χ0v) is 17.2. The zero-order chi connectivity index (χ0) is 20.7. The van der Waals surface area contributed by atoms with Crippen LogP contribution in [0.15, 0.2) is 0 Å². The van der Waals surface area contributed by atoms with Crippen LogP contribution in [0, 0.1) is 11.3 Å². The molecule has 4 amide bonds. The summed E-state index contributed by atoms with van der Waals surface area (Å²) in [6.07, 6.45) is 4.28. The van der Waals surface area contributed by atoms with Crippen LogP contribution in [0.5, 0.6) is 0 Å². The van der Waals surface area contributed by atoms with Gasteiger partial charge in [0.15, 0.2) is 0 Å². The van der Waals surface area contributed by atoms with E-state index in [9.17, 15) is 14.4 Å². The number of carbonyl (C=O) groups excluding carboxylic acids is 3. The normalized spacial score (nSPS) is 19.2. The van der Waals surface area contributed by atoms with Gasteiger partial charge in [0.05, 0.1) is 13.2 Å². The van der Waals surface area contributed by atoms with E-state index < -0.39 is 17.4 Å². The molecule has 2 fully saturated rings. The monoisotopic (exact) mass is 398 g/mol. The number of nitrogens with zero attached hydrogens (tertiary/aromatic N) is 2. The van der Waals surface area contributed by atoms with Crippen molar-refractivity contribution in [2.24, 2.45) is 11.3 Å². The molecule has 3 N–H and O–H groups in total. The summed E-state index contributed by atoms with van der Waals surface area (Å²) >= 11 is 0. The van der Waals surface area contributed by atoms with Crippen LogP contribution in [0.4, 0.5) is 4.79 Å². The Labute approximate surface area is 166 Å². The van der Waals surface area contributed by atoms with Crippen molar-refractivity contribution in [3.05, 3.63) is 0 Å². The summed E-state index contributed by atoms with van der Waals surface area (Å²) < 4.78 is 5.27. The average Bonchev–Trinajstić information content (AvgIpc) is 3.17. The zero-order valence-electron chi connectivity index (χ0n) is 17.2. The minimum atomic E-state index is -0.782. The SMILES string of the molecule is CC(C)(C)[C@H](NC(=O)N1CCOCC1)C(=O)N(CC(=O)NO)CC1CCCC1. The molecule has 28 heavy (non-hydrogen) atoms. The molecule has 1 aliphatic heterocycles. The Morgan fingerprint density at radius 1 is 1.18 bits per heavy atom. The molecule has 1 heterocycles. The van der Waals surface area contributed by atoms with Gasteiger partial charge in [-0.15, -0.1) is 0 Å². The second kappa shape index (κ2) is 10.1. The van der Waals surface area contributed by atoms with E-state index in [1.54, 1.807) is 10.4 Å². The van der Waals surface area contributed by atoms with Gasteiger partial charge < -0.3 is 19.9 Å². The summed E-state index contributed by atoms with van der Waals surface area (Å²) in [6, 6.07) is -1.08. The number of hydrogen-bond donors (Lipinski definition) is 3. The van der Waals surface area contributed by atoms with Gasteiger partial charge in [-0.25, -0.2) is 10.3 Å². The number of hydrogen-bond acceptors (Lipinski definition) is 5. The third-order valence-corrected chi connectivity index (χ3v) is 5.40. The van der Waals surface area contributed by atoms with E-state index in [2.05, 4.69) is 5.32 Å². The van der Waals surface area contributed by atoms with Crippen molar-refractivity contribution in [2.45, 2.75) is 52.5 Å². The lowest BCUT2D eigenvalue weighted by molar-refractivity contribution is -0.142. The minimum absolute atomic E-state index is 0.230. The Kier molecular flexibility index (Phi) is 8.06. The first-order valence-corrected chi connectivity index (χ1v) is 10.1. The number of hydroxylamine groups is 1. The van der Waals surface area contributed by atoms with Gasteiger partial charge in [0, 0.05) is 19.6 Å². The van der Waals surface area contributed by atoms with Crippen LogP contribution in [-0.4, -0.2) is 78.3 Å². The predicted octanol–water partition coefficient (Wildman–Crippen LogP) is 0.967. The van der Waals surface area contributed by atoms with Crippen molar-refractivity contribution in [3.63, 3.8) is 0 Å². The number of rotatable bonds is 6. The van der Waals surface area contributed by atoms with Gasteiger partial charge in [-0.3, -0.25) is 14.8 Å². The molecule has 0 aromatic carbocycles. The van der Waals surface area contributed by atoms with E-state index in [1.165, 1.54) is 4.90 Å². The van der Waals surface area contributed by atoms with Gasteiger partial charge in [-0.2, -0.15) is 0 Å². The van der Waals surface area contributed by atoms with E-state index >= 15 is 0 Å². The van der Waals surface area contributed by atoms with E-state index in [4.69, 9.17) is 9.94 Å². The Balaban J connectivity index is 2.13. The van der Waals surface area contributed by atoms with Gasteiger partial charge in [0.25, 0.3) is 5.91 Å². The third-order valence-electron chi connectivity index (χ3n) is 5.40. The highest BCUT2D eigenvalue weighted by Gasteiger charge is 2.38. The molecule has 0 bridgehead atoms. The predicted molar refractivity (Wildman–Crippen MR) is 103 cm³/mol. The van der Waals surface area contributed by atoms with Crippen molar-refractivity contribution in [2.75, 3.05) is 39.4 Å². The number of nitrogens with one attached hydrogen (secondary N) is 2. The first-order valence-electron chi connectivity index (χ1n) is 10.1. The van der Waals surface area contributed by atoms with E-state index in [0.717, 1.165) is 25.7 Å². The average molecular weight is 399 g/mol. The lowest BCUT2D eigenvalue weighted by atomic mass is 9.85. The number of urea groups is 1.